The third-order valence-electron chi connectivity index (χ3n) is 3.82. The number of amides is 2. The number of piperidine rings is 1. The van der Waals surface area contributed by atoms with E-state index in [-0.39, 0.29) is 18.7 Å². The van der Waals surface area contributed by atoms with Crippen LogP contribution >= 0.6 is 0 Å². The van der Waals surface area contributed by atoms with Crippen molar-refractivity contribution in [3.63, 3.8) is 0 Å². The molecule has 1 aromatic rings. The number of hydrogen-bond acceptors (Lipinski definition) is 5. The van der Waals surface area contributed by atoms with E-state index in [1.807, 2.05) is 30.3 Å². The summed E-state index contributed by atoms with van der Waals surface area (Å²) in [6.07, 6.45) is -0.330. The van der Waals surface area contributed by atoms with Gasteiger partial charge in [0.15, 0.2) is 0 Å². The molecule has 0 aromatic heterocycles. The van der Waals surface area contributed by atoms with Crippen LogP contribution in [0, 0.1) is 0 Å². The number of nitrogens with one attached hydrogen (secondary N) is 1. The maximum Gasteiger partial charge on any atom is 0.410 e. The van der Waals surface area contributed by atoms with Crippen molar-refractivity contribution in [3.05, 3.63) is 35.9 Å². The van der Waals surface area contributed by atoms with Crippen LogP contribution in [-0.2, 0) is 16.1 Å². The molecule has 2 rings (SSSR count). The molecule has 0 bridgehead atoms. The smallest absolute Gasteiger partial charge is 0.410 e. The van der Waals surface area contributed by atoms with Gasteiger partial charge in [-0.1, -0.05) is 30.3 Å². The van der Waals surface area contributed by atoms with Crippen LogP contribution in [0.5, 0.6) is 0 Å². The summed E-state index contributed by atoms with van der Waals surface area (Å²) >= 11 is 0. The van der Waals surface area contributed by atoms with Crippen molar-refractivity contribution in [2.75, 3.05) is 13.1 Å². The summed E-state index contributed by atoms with van der Waals surface area (Å²) < 4.78 is 10.6. The van der Waals surface area contributed by atoms with Crippen LogP contribution in [-0.4, -0.2) is 47.9 Å². The predicted molar refractivity (Wildman–Crippen MR) is 94.0 cm³/mol. The lowest BCUT2D eigenvalue weighted by atomic mass is 10.0. The summed E-state index contributed by atoms with van der Waals surface area (Å²) in [6, 6.07) is 8.90. The Bertz CT molecular complexity index is 586. The molecule has 0 radical (unpaired) electrons. The molecular weight excluding hydrogens is 322 g/mol. The minimum absolute atomic E-state index is 0.227. The highest BCUT2D eigenvalue weighted by molar-refractivity contribution is 5.69. The Balaban J connectivity index is 1.78. The van der Waals surface area contributed by atoms with E-state index in [1.165, 1.54) is 0 Å². The minimum atomic E-state index is -0.559. The quantitative estimate of drug-likeness (QED) is 0.873. The molecule has 25 heavy (non-hydrogen) atoms. The number of carbonyl (C=O) groups excluding carboxylic acids is 2. The lowest BCUT2D eigenvalue weighted by molar-refractivity contribution is 0.0455. The van der Waals surface area contributed by atoms with E-state index in [4.69, 9.17) is 15.2 Å². The van der Waals surface area contributed by atoms with E-state index >= 15 is 0 Å². The number of ether oxygens (including phenoxy) is 2. The average molecular weight is 349 g/mol. The van der Waals surface area contributed by atoms with E-state index in [2.05, 4.69) is 5.32 Å². The first-order chi connectivity index (χ1) is 11.7. The van der Waals surface area contributed by atoms with Gasteiger partial charge in [0, 0.05) is 19.1 Å². The zero-order valence-corrected chi connectivity index (χ0v) is 15.0. The highest BCUT2D eigenvalue weighted by Gasteiger charge is 2.31. The molecule has 1 saturated heterocycles. The van der Waals surface area contributed by atoms with E-state index in [0.29, 0.717) is 19.5 Å². The van der Waals surface area contributed by atoms with Gasteiger partial charge in [0.05, 0.1) is 6.04 Å². The number of hydrogen-bond donors (Lipinski definition) is 2. The summed E-state index contributed by atoms with van der Waals surface area (Å²) in [5.41, 5.74) is 6.48. The molecule has 7 nitrogen and oxygen atoms in total. The van der Waals surface area contributed by atoms with Crippen molar-refractivity contribution in [1.29, 1.82) is 0 Å². The first-order valence-corrected chi connectivity index (χ1v) is 8.45. The Morgan fingerprint density at radius 3 is 2.56 bits per heavy atom. The van der Waals surface area contributed by atoms with E-state index in [0.717, 1.165) is 5.56 Å². The van der Waals surface area contributed by atoms with Crippen LogP contribution in [0.4, 0.5) is 9.59 Å². The van der Waals surface area contributed by atoms with Crippen molar-refractivity contribution in [1.82, 2.24) is 10.2 Å². The van der Waals surface area contributed by atoms with Gasteiger partial charge in [-0.15, -0.1) is 0 Å². The summed E-state index contributed by atoms with van der Waals surface area (Å²) in [7, 11) is 0. The van der Waals surface area contributed by atoms with Crippen molar-refractivity contribution in [2.45, 2.75) is 51.5 Å². The molecule has 1 aromatic carbocycles. The molecule has 0 aliphatic carbocycles. The first-order valence-electron chi connectivity index (χ1n) is 8.45. The van der Waals surface area contributed by atoms with Crippen LogP contribution in [0.2, 0.25) is 0 Å². The second-order valence-corrected chi connectivity index (χ2v) is 7.19. The Hall–Kier alpha value is -2.28. The lowest BCUT2D eigenvalue weighted by Gasteiger charge is -2.36. The van der Waals surface area contributed by atoms with Gasteiger partial charge in [0.1, 0.15) is 12.2 Å². The fourth-order valence-electron chi connectivity index (χ4n) is 2.60. The number of benzene rings is 1. The predicted octanol–water partition coefficient (Wildman–Crippen LogP) is 2.25. The summed E-state index contributed by atoms with van der Waals surface area (Å²) in [6.45, 7) is 6.44. The van der Waals surface area contributed by atoms with Gasteiger partial charge in [-0.25, -0.2) is 9.59 Å². The molecule has 1 fully saturated rings. The third kappa shape index (κ3) is 6.26. The Labute approximate surface area is 148 Å². The highest BCUT2D eigenvalue weighted by Crippen LogP contribution is 2.14. The number of carbonyl (C=O) groups is 2. The molecular formula is C18H27N3O4. The fourth-order valence-corrected chi connectivity index (χ4v) is 2.60. The normalized spacial score (nSPS) is 20.7. The Morgan fingerprint density at radius 2 is 1.96 bits per heavy atom. The zero-order chi connectivity index (χ0) is 18.4. The fraction of sp³-hybridized carbons (Fsp3) is 0.556. The number of rotatable bonds is 3. The summed E-state index contributed by atoms with van der Waals surface area (Å²) in [5, 5.41) is 2.78. The molecule has 0 unspecified atom stereocenters. The summed E-state index contributed by atoms with van der Waals surface area (Å²) in [4.78, 5) is 25.6. The molecule has 0 saturated carbocycles. The van der Waals surface area contributed by atoms with Gasteiger partial charge in [-0.2, -0.15) is 0 Å². The van der Waals surface area contributed by atoms with Crippen LogP contribution in [0.1, 0.15) is 32.8 Å². The molecule has 3 N–H and O–H groups in total. The summed E-state index contributed by atoms with van der Waals surface area (Å²) in [5.74, 6) is 0. The molecule has 2 amide bonds. The maximum absolute atomic E-state index is 12.2. The van der Waals surface area contributed by atoms with Crippen molar-refractivity contribution >= 4 is 12.2 Å². The van der Waals surface area contributed by atoms with Crippen LogP contribution in [0.25, 0.3) is 0 Å². The monoisotopic (exact) mass is 349 g/mol. The Kier molecular flexibility index (Phi) is 6.25. The van der Waals surface area contributed by atoms with E-state index in [9.17, 15) is 9.59 Å². The number of likely N-dealkylation sites (tertiary alicyclic amines) is 1. The van der Waals surface area contributed by atoms with Gasteiger partial charge in [-0.3, -0.25) is 0 Å². The standard InChI is InChI=1S/C18H27N3O4/c1-18(2,3)25-16(22)20-15-9-10-21(11-14(15)19)17(23)24-12-13-7-5-4-6-8-13/h4-8,14-15H,9-12,19H2,1-3H3,(H,20,22)/t14-,15+/m0/s1. The number of nitrogens with zero attached hydrogens (tertiary/aromatic N) is 1. The topological polar surface area (TPSA) is 93.9 Å². The largest absolute Gasteiger partial charge is 0.445 e. The van der Waals surface area contributed by atoms with Crippen molar-refractivity contribution < 1.29 is 19.1 Å². The molecule has 138 valence electrons. The SMILES string of the molecule is CC(C)(C)OC(=O)N[C@@H]1CCN(C(=O)OCc2ccccc2)C[C@@H]1N. The molecule has 1 heterocycles. The van der Waals surface area contributed by atoms with Gasteiger partial charge >= 0.3 is 12.2 Å². The highest BCUT2D eigenvalue weighted by atomic mass is 16.6. The minimum Gasteiger partial charge on any atom is -0.445 e. The molecule has 2 atom stereocenters. The Morgan fingerprint density at radius 1 is 1.28 bits per heavy atom. The zero-order valence-electron chi connectivity index (χ0n) is 15.0. The average Bonchev–Trinajstić information content (AvgIpc) is 2.53. The van der Waals surface area contributed by atoms with Crippen LogP contribution < -0.4 is 11.1 Å². The third-order valence-corrected chi connectivity index (χ3v) is 3.82. The van der Waals surface area contributed by atoms with Crippen molar-refractivity contribution in [3.8, 4) is 0 Å². The van der Waals surface area contributed by atoms with Crippen LogP contribution in [0.3, 0.4) is 0 Å². The van der Waals surface area contributed by atoms with Gasteiger partial charge in [0.25, 0.3) is 0 Å². The van der Waals surface area contributed by atoms with Crippen LogP contribution in [0.15, 0.2) is 30.3 Å². The molecule has 1 aliphatic rings. The molecule has 7 heteroatoms. The van der Waals surface area contributed by atoms with Gasteiger partial charge in [0.2, 0.25) is 0 Å². The maximum atomic E-state index is 12.2. The lowest BCUT2D eigenvalue weighted by Crippen LogP contribution is -2.59. The van der Waals surface area contributed by atoms with Gasteiger partial charge < -0.3 is 25.4 Å². The van der Waals surface area contributed by atoms with E-state index < -0.39 is 17.8 Å². The van der Waals surface area contributed by atoms with Gasteiger partial charge in [-0.05, 0) is 32.8 Å². The number of nitrogens with two attached hydrogens (primary N) is 1. The molecule has 0 spiro atoms. The van der Waals surface area contributed by atoms with E-state index in [1.54, 1.807) is 25.7 Å². The second-order valence-electron chi connectivity index (χ2n) is 7.19. The number of alkyl carbamates (subject to hydrolysis) is 1. The molecule has 1 aliphatic heterocycles. The van der Waals surface area contributed by atoms with Crippen molar-refractivity contribution in [2.24, 2.45) is 5.73 Å². The second kappa shape index (κ2) is 8.20. The first kappa shape index (κ1) is 19.1.